The van der Waals surface area contributed by atoms with Gasteiger partial charge in [0.05, 0.1) is 19.1 Å². The van der Waals surface area contributed by atoms with Crippen molar-refractivity contribution in [2.24, 2.45) is 0 Å². The summed E-state index contributed by atoms with van der Waals surface area (Å²) in [6, 6.07) is 10.0. The third kappa shape index (κ3) is 4.00. The maximum absolute atomic E-state index is 12.6. The number of nitro groups is 1. The molecule has 1 amide bonds. The third-order valence-electron chi connectivity index (χ3n) is 4.80. The SMILES string of the molecule is COc1cccc(CNC(=O)c2ccc(N3CCCC3)c([N+](=O)[O-])c2)c1OC. The summed E-state index contributed by atoms with van der Waals surface area (Å²) in [5, 5.41) is 14.3. The quantitative estimate of drug-likeness (QED) is 0.581. The van der Waals surface area contributed by atoms with E-state index in [0.717, 1.165) is 31.5 Å². The molecule has 2 aromatic rings. The number of hydrogen-bond acceptors (Lipinski definition) is 6. The lowest BCUT2D eigenvalue weighted by molar-refractivity contribution is -0.384. The summed E-state index contributed by atoms with van der Waals surface area (Å²) < 4.78 is 10.6. The molecule has 0 aromatic heterocycles. The number of para-hydroxylation sites is 1. The number of rotatable bonds is 7. The van der Waals surface area contributed by atoms with Crippen LogP contribution in [-0.2, 0) is 6.54 Å². The number of benzene rings is 2. The van der Waals surface area contributed by atoms with E-state index in [9.17, 15) is 14.9 Å². The van der Waals surface area contributed by atoms with Gasteiger partial charge in [0.25, 0.3) is 11.6 Å². The Hall–Kier alpha value is -3.29. The lowest BCUT2D eigenvalue weighted by Crippen LogP contribution is -2.24. The van der Waals surface area contributed by atoms with Crippen LogP contribution in [-0.4, -0.2) is 38.1 Å². The Balaban J connectivity index is 1.78. The molecule has 28 heavy (non-hydrogen) atoms. The third-order valence-corrected chi connectivity index (χ3v) is 4.80. The van der Waals surface area contributed by atoms with Crippen LogP contribution in [0.25, 0.3) is 0 Å². The maximum Gasteiger partial charge on any atom is 0.293 e. The van der Waals surface area contributed by atoms with Crippen LogP contribution in [0.15, 0.2) is 36.4 Å². The molecule has 3 rings (SSSR count). The van der Waals surface area contributed by atoms with Crippen molar-refractivity contribution in [1.29, 1.82) is 0 Å². The number of carbonyl (C=O) groups is 1. The molecule has 8 heteroatoms. The molecule has 0 spiro atoms. The first-order chi connectivity index (χ1) is 13.5. The Kier molecular flexibility index (Phi) is 5.98. The van der Waals surface area contributed by atoms with Gasteiger partial charge in [0, 0.05) is 36.8 Å². The van der Waals surface area contributed by atoms with Gasteiger partial charge in [-0.3, -0.25) is 14.9 Å². The topological polar surface area (TPSA) is 93.9 Å². The highest BCUT2D eigenvalue weighted by Gasteiger charge is 2.24. The molecule has 1 N–H and O–H groups in total. The predicted molar refractivity (Wildman–Crippen MR) is 105 cm³/mol. The van der Waals surface area contributed by atoms with Crippen LogP contribution in [0.1, 0.15) is 28.8 Å². The van der Waals surface area contributed by atoms with Gasteiger partial charge in [-0.05, 0) is 31.0 Å². The number of ether oxygens (including phenoxy) is 2. The zero-order valence-corrected chi connectivity index (χ0v) is 15.9. The molecule has 0 bridgehead atoms. The highest BCUT2D eigenvalue weighted by Crippen LogP contribution is 2.32. The fraction of sp³-hybridized carbons (Fsp3) is 0.350. The lowest BCUT2D eigenvalue weighted by Gasteiger charge is -2.18. The van der Waals surface area contributed by atoms with E-state index in [1.165, 1.54) is 13.2 Å². The number of amides is 1. The molecular formula is C20H23N3O5. The van der Waals surface area contributed by atoms with Crippen molar-refractivity contribution in [2.45, 2.75) is 19.4 Å². The summed E-state index contributed by atoms with van der Waals surface area (Å²) in [5.74, 6) is 0.724. The van der Waals surface area contributed by atoms with Gasteiger partial charge in [-0.1, -0.05) is 12.1 Å². The van der Waals surface area contributed by atoms with Crippen LogP contribution in [0.4, 0.5) is 11.4 Å². The summed E-state index contributed by atoms with van der Waals surface area (Å²) in [6.45, 7) is 1.80. The number of hydrogen-bond donors (Lipinski definition) is 1. The number of carbonyl (C=O) groups excluding carboxylic acids is 1. The van der Waals surface area contributed by atoms with Crippen molar-refractivity contribution in [3.8, 4) is 11.5 Å². The predicted octanol–water partition coefficient (Wildman–Crippen LogP) is 3.14. The number of nitrogens with one attached hydrogen (secondary N) is 1. The monoisotopic (exact) mass is 385 g/mol. The minimum atomic E-state index is -0.435. The van der Waals surface area contributed by atoms with Gasteiger partial charge in [-0.15, -0.1) is 0 Å². The standard InChI is InChI=1S/C20H23N3O5/c1-27-18-7-5-6-15(19(18)28-2)13-21-20(24)14-8-9-16(17(12-14)23(25)26)22-10-3-4-11-22/h5-9,12H,3-4,10-11,13H2,1-2H3,(H,21,24). The number of methoxy groups -OCH3 is 2. The van der Waals surface area contributed by atoms with Crippen LogP contribution in [0.2, 0.25) is 0 Å². The fourth-order valence-electron chi connectivity index (χ4n) is 3.41. The Morgan fingerprint density at radius 1 is 1.18 bits per heavy atom. The van der Waals surface area contributed by atoms with Crippen molar-refractivity contribution < 1.29 is 19.2 Å². The van der Waals surface area contributed by atoms with E-state index in [2.05, 4.69) is 5.32 Å². The van der Waals surface area contributed by atoms with Crippen LogP contribution in [0.3, 0.4) is 0 Å². The minimum Gasteiger partial charge on any atom is -0.493 e. The zero-order chi connectivity index (χ0) is 20.1. The molecular weight excluding hydrogens is 362 g/mol. The van der Waals surface area contributed by atoms with Crippen LogP contribution in [0.5, 0.6) is 11.5 Å². The minimum absolute atomic E-state index is 0.0477. The first-order valence-corrected chi connectivity index (χ1v) is 9.06. The average molecular weight is 385 g/mol. The Morgan fingerprint density at radius 3 is 2.57 bits per heavy atom. The highest BCUT2D eigenvalue weighted by molar-refractivity contribution is 5.95. The number of anilines is 1. The molecule has 1 heterocycles. The Morgan fingerprint density at radius 2 is 1.93 bits per heavy atom. The molecule has 8 nitrogen and oxygen atoms in total. The van der Waals surface area contributed by atoms with Crippen molar-refractivity contribution in [3.05, 3.63) is 57.6 Å². The molecule has 0 radical (unpaired) electrons. The molecule has 0 atom stereocenters. The van der Waals surface area contributed by atoms with Crippen LogP contribution < -0.4 is 19.7 Å². The number of nitro benzene ring substituents is 1. The van der Waals surface area contributed by atoms with Gasteiger partial charge >= 0.3 is 0 Å². The Labute approximate surface area is 163 Å². The summed E-state index contributed by atoms with van der Waals surface area (Å²) in [5.41, 5.74) is 1.51. The zero-order valence-electron chi connectivity index (χ0n) is 15.9. The van der Waals surface area contributed by atoms with Gasteiger partial charge in [-0.2, -0.15) is 0 Å². The lowest BCUT2D eigenvalue weighted by atomic mass is 10.1. The van der Waals surface area contributed by atoms with Crippen molar-refractivity contribution in [3.63, 3.8) is 0 Å². The van der Waals surface area contributed by atoms with E-state index >= 15 is 0 Å². The van der Waals surface area contributed by atoms with Gasteiger partial charge in [0.2, 0.25) is 0 Å². The largest absolute Gasteiger partial charge is 0.493 e. The second-order valence-corrected chi connectivity index (χ2v) is 6.49. The highest BCUT2D eigenvalue weighted by atomic mass is 16.6. The molecule has 1 aliphatic heterocycles. The van der Waals surface area contributed by atoms with E-state index in [1.54, 1.807) is 31.4 Å². The number of nitrogens with zero attached hydrogens (tertiary/aromatic N) is 2. The van der Waals surface area contributed by atoms with Crippen molar-refractivity contribution in [2.75, 3.05) is 32.2 Å². The first-order valence-electron chi connectivity index (χ1n) is 9.06. The van der Waals surface area contributed by atoms with Crippen LogP contribution >= 0.6 is 0 Å². The average Bonchev–Trinajstić information content (AvgIpc) is 3.25. The summed E-state index contributed by atoms with van der Waals surface area (Å²) >= 11 is 0. The summed E-state index contributed by atoms with van der Waals surface area (Å²) in [6.07, 6.45) is 2.03. The first kappa shape index (κ1) is 19.5. The van der Waals surface area contributed by atoms with Gasteiger partial charge in [0.15, 0.2) is 11.5 Å². The van der Waals surface area contributed by atoms with Gasteiger partial charge in [0.1, 0.15) is 5.69 Å². The van der Waals surface area contributed by atoms with Crippen molar-refractivity contribution >= 4 is 17.3 Å². The molecule has 2 aromatic carbocycles. The molecule has 1 saturated heterocycles. The van der Waals surface area contributed by atoms with E-state index in [-0.39, 0.29) is 23.7 Å². The summed E-state index contributed by atoms with van der Waals surface area (Å²) in [7, 11) is 3.07. The second-order valence-electron chi connectivity index (χ2n) is 6.49. The van der Waals surface area contributed by atoms with Gasteiger partial charge in [-0.25, -0.2) is 0 Å². The van der Waals surface area contributed by atoms with Crippen molar-refractivity contribution in [1.82, 2.24) is 5.32 Å². The normalized spacial score (nSPS) is 13.3. The smallest absolute Gasteiger partial charge is 0.293 e. The maximum atomic E-state index is 12.6. The molecule has 0 aliphatic carbocycles. The molecule has 0 saturated carbocycles. The van der Waals surface area contributed by atoms with Crippen LogP contribution in [0, 0.1) is 10.1 Å². The second kappa shape index (κ2) is 8.60. The Bertz CT molecular complexity index is 878. The van der Waals surface area contributed by atoms with E-state index in [0.29, 0.717) is 17.2 Å². The van der Waals surface area contributed by atoms with E-state index < -0.39 is 4.92 Å². The molecule has 1 aliphatic rings. The van der Waals surface area contributed by atoms with Gasteiger partial charge < -0.3 is 19.7 Å². The molecule has 0 unspecified atom stereocenters. The fourth-order valence-corrected chi connectivity index (χ4v) is 3.41. The van der Waals surface area contributed by atoms with E-state index in [4.69, 9.17) is 9.47 Å². The van der Waals surface area contributed by atoms with E-state index in [1.807, 2.05) is 11.0 Å². The summed E-state index contributed by atoms with van der Waals surface area (Å²) in [4.78, 5) is 25.6. The molecule has 1 fully saturated rings. The molecule has 148 valence electrons.